The van der Waals surface area contributed by atoms with Gasteiger partial charge in [0, 0.05) is 10.8 Å². The molecular formula is C21H28N2O. The molecule has 24 heavy (non-hydrogen) atoms. The van der Waals surface area contributed by atoms with Gasteiger partial charge < -0.3 is 11.5 Å². The third-order valence-corrected chi connectivity index (χ3v) is 4.68. The van der Waals surface area contributed by atoms with Gasteiger partial charge in [0.2, 0.25) is 5.78 Å². The Balaban J connectivity index is 2.16. The first-order valence-electron chi connectivity index (χ1n) is 8.36. The van der Waals surface area contributed by atoms with Gasteiger partial charge in [0.05, 0.1) is 11.4 Å². The number of hydrogen-bond acceptors (Lipinski definition) is 3. The molecule has 2 rings (SSSR count). The third kappa shape index (κ3) is 4.38. The Morgan fingerprint density at radius 3 is 1.58 bits per heavy atom. The molecule has 128 valence electrons. The molecular weight excluding hydrogens is 296 g/mol. The van der Waals surface area contributed by atoms with E-state index in [2.05, 4.69) is 64.2 Å². The first-order chi connectivity index (χ1) is 11.1. The molecule has 0 spiro atoms. The van der Waals surface area contributed by atoms with Crippen LogP contribution in [0.25, 0.3) is 0 Å². The summed E-state index contributed by atoms with van der Waals surface area (Å²) in [5, 5.41) is 0. The molecule has 2 aliphatic carbocycles. The van der Waals surface area contributed by atoms with Crippen molar-refractivity contribution < 1.29 is 4.79 Å². The molecule has 0 aliphatic heterocycles. The van der Waals surface area contributed by atoms with Gasteiger partial charge in [-0.05, 0) is 38.8 Å². The molecule has 2 unspecified atom stereocenters. The van der Waals surface area contributed by atoms with Crippen LogP contribution in [0.1, 0.15) is 40.5 Å². The monoisotopic (exact) mass is 324 g/mol. The molecule has 3 heteroatoms. The van der Waals surface area contributed by atoms with Crippen molar-refractivity contribution in [2.45, 2.75) is 40.5 Å². The molecule has 0 saturated carbocycles. The molecule has 0 bridgehead atoms. The maximum Gasteiger partial charge on any atom is 0.223 e. The lowest BCUT2D eigenvalue weighted by Gasteiger charge is -2.25. The molecule has 3 nitrogen and oxygen atoms in total. The van der Waals surface area contributed by atoms with E-state index < -0.39 is 0 Å². The highest BCUT2D eigenvalue weighted by atomic mass is 16.1. The van der Waals surface area contributed by atoms with Gasteiger partial charge in [-0.15, -0.1) is 0 Å². The summed E-state index contributed by atoms with van der Waals surface area (Å²) in [5.41, 5.74) is 14.5. The maximum absolute atomic E-state index is 12.5. The molecule has 0 radical (unpaired) electrons. The van der Waals surface area contributed by atoms with Crippen molar-refractivity contribution in [3.63, 3.8) is 0 Å². The van der Waals surface area contributed by atoms with Crippen LogP contribution in [0.15, 0.2) is 71.1 Å². The molecule has 4 N–H and O–H groups in total. The van der Waals surface area contributed by atoms with Crippen LogP contribution in [-0.4, -0.2) is 5.78 Å². The summed E-state index contributed by atoms with van der Waals surface area (Å²) >= 11 is 0. The average molecular weight is 324 g/mol. The van der Waals surface area contributed by atoms with Gasteiger partial charge in [-0.1, -0.05) is 61.4 Å². The summed E-state index contributed by atoms with van der Waals surface area (Å²) in [4.78, 5) is 12.5. The summed E-state index contributed by atoms with van der Waals surface area (Å²) < 4.78 is 0. The maximum atomic E-state index is 12.5. The molecule has 0 aromatic rings. The quantitative estimate of drug-likeness (QED) is 0.766. The summed E-state index contributed by atoms with van der Waals surface area (Å²) in [6.45, 7) is 8.24. The van der Waals surface area contributed by atoms with Crippen LogP contribution in [0.2, 0.25) is 0 Å². The zero-order valence-corrected chi connectivity index (χ0v) is 15.1. The Labute approximate surface area is 145 Å². The smallest absolute Gasteiger partial charge is 0.223 e. The van der Waals surface area contributed by atoms with E-state index in [9.17, 15) is 4.79 Å². The predicted molar refractivity (Wildman–Crippen MR) is 101 cm³/mol. The van der Waals surface area contributed by atoms with Crippen molar-refractivity contribution in [1.82, 2.24) is 0 Å². The second-order valence-electron chi connectivity index (χ2n) is 7.51. The highest BCUT2D eigenvalue weighted by Gasteiger charge is 2.24. The van der Waals surface area contributed by atoms with E-state index in [-0.39, 0.29) is 28.0 Å². The lowest BCUT2D eigenvalue weighted by molar-refractivity contribution is -0.112. The molecule has 0 aromatic carbocycles. The van der Waals surface area contributed by atoms with Gasteiger partial charge in [-0.2, -0.15) is 0 Å². The molecule has 0 fully saturated rings. The van der Waals surface area contributed by atoms with E-state index in [1.54, 1.807) is 0 Å². The van der Waals surface area contributed by atoms with E-state index in [1.165, 1.54) is 11.1 Å². The Morgan fingerprint density at radius 2 is 1.29 bits per heavy atom. The van der Waals surface area contributed by atoms with Gasteiger partial charge >= 0.3 is 0 Å². The highest BCUT2D eigenvalue weighted by molar-refractivity contribution is 6.07. The Hall–Kier alpha value is -2.29. The fourth-order valence-electron chi connectivity index (χ4n) is 2.90. The van der Waals surface area contributed by atoms with Gasteiger partial charge in [-0.25, -0.2) is 0 Å². The van der Waals surface area contributed by atoms with Crippen LogP contribution in [0.5, 0.6) is 0 Å². The number of Topliss-reactive ketones (excluding diaryl/α,β-unsaturated/α-hetero) is 1. The SMILES string of the molecule is CC1=CCC(C)(C=C(N)C(=O)C(N)=CC2(C)C=CC(C)=CC2)C=C1. The largest absolute Gasteiger partial charge is 0.396 e. The predicted octanol–water partition coefficient (Wildman–Crippen LogP) is 4.07. The van der Waals surface area contributed by atoms with Crippen LogP contribution < -0.4 is 11.5 Å². The number of allylic oxidation sites excluding steroid dienone is 10. The van der Waals surface area contributed by atoms with Crippen molar-refractivity contribution in [3.05, 3.63) is 71.1 Å². The molecule has 0 aromatic heterocycles. The van der Waals surface area contributed by atoms with Crippen molar-refractivity contribution in [1.29, 1.82) is 0 Å². The normalized spacial score (nSPS) is 30.8. The number of carbonyl (C=O) groups excluding carboxylic acids is 1. The van der Waals surface area contributed by atoms with Gasteiger partial charge in [-0.3, -0.25) is 4.79 Å². The van der Waals surface area contributed by atoms with Crippen molar-refractivity contribution >= 4 is 5.78 Å². The Bertz CT molecular complexity index is 658. The molecule has 2 atom stereocenters. The van der Waals surface area contributed by atoms with E-state index in [0.717, 1.165) is 12.8 Å². The topological polar surface area (TPSA) is 69.1 Å². The van der Waals surface area contributed by atoms with E-state index >= 15 is 0 Å². The Morgan fingerprint density at radius 1 is 0.917 bits per heavy atom. The van der Waals surface area contributed by atoms with Crippen LogP contribution in [0.3, 0.4) is 0 Å². The van der Waals surface area contributed by atoms with Crippen molar-refractivity contribution in [2.24, 2.45) is 22.3 Å². The van der Waals surface area contributed by atoms with E-state index in [4.69, 9.17) is 11.5 Å². The van der Waals surface area contributed by atoms with Gasteiger partial charge in [0.1, 0.15) is 0 Å². The first kappa shape index (κ1) is 18.1. The van der Waals surface area contributed by atoms with Crippen molar-refractivity contribution in [2.75, 3.05) is 0 Å². The molecule has 0 amide bonds. The third-order valence-electron chi connectivity index (χ3n) is 4.68. The standard InChI is InChI=1S/C21H28N2O/c1-15-5-9-20(3,10-6-15)13-17(22)19(24)18(23)14-21(4)11-7-16(2)8-12-21/h5-9,11,13-14H,10,12,22-23H2,1-4H3. The van der Waals surface area contributed by atoms with E-state index in [1.807, 2.05) is 12.2 Å². The lowest BCUT2D eigenvalue weighted by atomic mass is 9.80. The molecule has 2 aliphatic rings. The fraction of sp³-hybridized carbons (Fsp3) is 0.381. The zero-order chi connectivity index (χ0) is 18.0. The molecule has 0 heterocycles. The fourth-order valence-corrected chi connectivity index (χ4v) is 2.90. The van der Waals surface area contributed by atoms with Crippen LogP contribution in [0.4, 0.5) is 0 Å². The number of hydrogen-bond donors (Lipinski definition) is 2. The minimum atomic E-state index is -0.295. The second-order valence-corrected chi connectivity index (χ2v) is 7.51. The minimum absolute atomic E-state index is 0.207. The number of carbonyl (C=O) groups is 1. The number of rotatable bonds is 4. The second kappa shape index (κ2) is 6.68. The minimum Gasteiger partial charge on any atom is -0.396 e. The number of nitrogens with two attached hydrogens (primary N) is 2. The number of ketones is 1. The van der Waals surface area contributed by atoms with E-state index in [0.29, 0.717) is 0 Å². The first-order valence-corrected chi connectivity index (χ1v) is 8.36. The lowest BCUT2D eigenvalue weighted by Crippen LogP contribution is -2.25. The van der Waals surface area contributed by atoms with Crippen molar-refractivity contribution in [3.8, 4) is 0 Å². The summed E-state index contributed by atoms with van der Waals surface area (Å²) in [6.07, 6.45) is 17.9. The summed E-state index contributed by atoms with van der Waals surface area (Å²) in [5.74, 6) is -0.295. The highest BCUT2D eigenvalue weighted by Crippen LogP contribution is 2.33. The molecule has 0 saturated heterocycles. The summed E-state index contributed by atoms with van der Waals surface area (Å²) in [6, 6.07) is 0. The van der Waals surface area contributed by atoms with Crippen LogP contribution >= 0.6 is 0 Å². The zero-order valence-electron chi connectivity index (χ0n) is 15.1. The van der Waals surface area contributed by atoms with Gasteiger partial charge in [0.25, 0.3) is 0 Å². The summed E-state index contributed by atoms with van der Waals surface area (Å²) in [7, 11) is 0. The Kier molecular flexibility index (Phi) is 5.02. The van der Waals surface area contributed by atoms with Crippen LogP contribution in [-0.2, 0) is 4.79 Å². The average Bonchev–Trinajstić information content (AvgIpc) is 2.52. The van der Waals surface area contributed by atoms with Crippen LogP contribution in [0, 0.1) is 10.8 Å². The van der Waals surface area contributed by atoms with Gasteiger partial charge in [0.15, 0.2) is 0 Å².